The van der Waals surface area contributed by atoms with Crippen LogP contribution in [0.15, 0.2) is 72.9 Å². The monoisotopic (exact) mass is 967 g/mol. The lowest BCUT2D eigenvalue weighted by atomic mass is 9.99. The van der Waals surface area contributed by atoms with Crippen molar-refractivity contribution in [1.29, 1.82) is 0 Å². The molecule has 13 heteroatoms. The summed E-state index contributed by atoms with van der Waals surface area (Å²) in [5.74, 6) is -0.412. The first-order valence-corrected chi connectivity index (χ1v) is 27.6. The molecule has 6 unspecified atom stereocenters. The van der Waals surface area contributed by atoms with Crippen molar-refractivity contribution in [2.24, 2.45) is 0 Å². The number of ether oxygens (including phenoxy) is 4. The number of carbonyl (C=O) groups excluding carboxylic acids is 1. The highest BCUT2D eigenvalue weighted by Crippen LogP contribution is 2.26. The Morgan fingerprint density at radius 1 is 0.582 bits per heavy atom. The number of esters is 1. The molecule has 0 amide bonds. The van der Waals surface area contributed by atoms with Crippen molar-refractivity contribution in [2.75, 3.05) is 26.4 Å². The van der Waals surface area contributed by atoms with Crippen molar-refractivity contribution in [3.8, 4) is 0 Å². The van der Waals surface area contributed by atoms with Crippen LogP contribution in [-0.2, 0) is 38.3 Å². The molecule has 1 heterocycles. The maximum Gasteiger partial charge on any atom is 0.397 e. The van der Waals surface area contributed by atoms with Gasteiger partial charge in [-0.3, -0.25) is 9.35 Å². The highest BCUT2D eigenvalue weighted by Gasteiger charge is 2.48. The van der Waals surface area contributed by atoms with E-state index in [0.717, 1.165) is 96.3 Å². The summed E-state index contributed by atoms with van der Waals surface area (Å²) in [4.78, 5) is 12.9. The van der Waals surface area contributed by atoms with Gasteiger partial charge >= 0.3 is 16.4 Å². The highest BCUT2D eigenvalue weighted by molar-refractivity contribution is 7.80. The van der Waals surface area contributed by atoms with E-state index in [2.05, 4.69) is 90.9 Å². The number of carbonyl (C=O) groups is 1. The van der Waals surface area contributed by atoms with Gasteiger partial charge < -0.3 is 34.3 Å². The topological polar surface area (TPSA) is 178 Å². The van der Waals surface area contributed by atoms with E-state index in [1.165, 1.54) is 77.0 Å². The van der Waals surface area contributed by atoms with Crippen LogP contribution in [0.25, 0.3) is 0 Å². The molecule has 0 radical (unpaired) electrons. The Bertz CT molecular complexity index is 1440. The fourth-order valence-electron chi connectivity index (χ4n) is 7.64. The largest absolute Gasteiger partial charge is 0.457 e. The average molecular weight is 967 g/mol. The molecule has 1 aliphatic heterocycles. The van der Waals surface area contributed by atoms with Crippen LogP contribution in [0.4, 0.5) is 0 Å². The molecule has 6 atom stereocenters. The summed E-state index contributed by atoms with van der Waals surface area (Å²) < 4.78 is 59.3. The summed E-state index contributed by atoms with van der Waals surface area (Å²) in [6.07, 6.45) is 49.3. The molecule has 0 saturated carbocycles. The van der Waals surface area contributed by atoms with E-state index in [0.29, 0.717) is 13.0 Å². The average Bonchev–Trinajstić information content (AvgIpc) is 3.30. The Kier molecular flexibility index (Phi) is 41.8. The smallest absolute Gasteiger partial charge is 0.397 e. The number of unbranched alkanes of at least 4 members (excludes halogenated alkanes) is 20. The van der Waals surface area contributed by atoms with E-state index in [-0.39, 0.29) is 19.6 Å². The quantitative estimate of drug-likeness (QED) is 0.0197. The molecule has 0 aliphatic carbocycles. The number of rotatable bonds is 45. The molecule has 1 fully saturated rings. The molecular weight excluding hydrogens is 873 g/mol. The highest BCUT2D eigenvalue weighted by atomic mass is 32.3. The zero-order valence-corrected chi connectivity index (χ0v) is 42.5. The first-order valence-electron chi connectivity index (χ1n) is 26.2. The van der Waals surface area contributed by atoms with Crippen LogP contribution >= 0.6 is 0 Å². The standard InChI is InChI=1S/C54H94O12S/c1-3-5-7-9-11-13-15-17-19-21-22-23-24-25-26-27-28-30-32-34-36-38-40-42-44-62-46-48(47-63-54-52(58)53(66-67(59,60)61)51(57)49(45-55)65-54)64-50(56)43-41-39-37-35-33-31-29-20-18-16-14-12-10-8-6-4-2/h5,7,11,13,17,19-20,22-23,25-26,29,48-49,51-55,57-58H,3-4,6,8-10,12,14-16,18,21,24,27-28,30-47H2,1-2H3,(H,59,60,61)/b7-5-,13-11-,19-17-,23-22-,26-25-,29-20-. The van der Waals surface area contributed by atoms with Crippen LogP contribution < -0.4 is 0 Å². The lowest BCUT2D eigenvalue weighted by Crippen LogP contribution is -2.60. The Labute approximate surface area is 407 Å². The van der Waals surface area contributed by atoms with Crippen molar-refractivity contribution in [3.63, 3.8) is 0 Å². The molecule has 0 spiro atoms. The molecule has 67 heavy (non-hydrogen) atoms. The Morgan fingerprint density at radius 2 is 1.03 bits per heavy atom. The van der Waals surface area contributed by atoms with Crippen LogP contribution in [0.3, 0.4) is 0 Å². The van der Waals surface area contributed by atoms with E-state index in [4.69, 9.17) is 18.9 Å². The van der Waals surface area contributed by atoms with Crippen molar-refractivity contribution >= 4 is 16.4 Å². The summed E-state index contributed by atoms with van der Waals surface area (Å²) >= 11 is 0. The zero-order chi connectivity index (χ0) is 48.9. The third-order valence-electron chi connectivity index (χ3n) is 11.6. The molecule has 1 rings (SSSR count). The number of aliphatic hydroxyl groups is 3. The zero-order valence-electron chi connectivity index (χ0n) is 41.7. The van der Waals surface area contributed by atoms with Gasteiger partial charge in [-0.15, -0.1) is 0 Å². The summed E-state index contributed by atoms with van der Waals surface area (Å²) in [5.41, 5.74) is 0. The van der Waals surface area contributed by atoms with Gasteiger partial charge in [0.1, 0.15) is 30.5 Å². The van der Waals surface area contributed by atoms with E-state index < -0.39 is 59.8 Å². The van der Waals surface area contributed by atoms with Gasteiger partial charge in [0.15, 0.2) is 6.29 Å². The minimum atomic E-state index is -5.07. The predicted octanol–water partition coefficient (Wildman–Crippen LogP) is 12.2. The lowest BCUT2D eigenvalue weighted by Gasteiger charge is -2.41. The second-order valence-corrected chi connectivity index (χ2v) is 18.8. The first-order chi connectivity index (χ1) is 32.6. The molecule has 12 nitrogen and oxygen atoms in total. The van der Waals surface area contributed by atoms with Gasteiger partial charge in [0.05, 0.1) is 19.8 Å². The van der Waals surface area contributed by atoms with Gasteiger partial charge in [0, 0.05) is 13.0 Å². The van der Waals surface area contributed by atoms with Gasteiger partial charge in [-0.25, -0.2) is 4.18 Å². The number of allylic oxidation sites excluding steroid dienone is 12. The molecule has 1 saturated heterocycles. The van der Waals surface area contributed by atoms with Gasteiger partial charge in [0.2, 0.25) is 0 Å². The van der Waals surface area contributed by atoms with Gasteiger partial charge in [0.25, 0.3) is 0 Å². The normalized spacial score (nSPS) is 20.0. The number of hydrogen-bond acceptors (Lipinski definition) is 11. The SMILES string of the molecule is CC/C=C\C/C=C\C/C=C\C/C=C\C/C=C\CCCCCCCCCCOCC(COC1OC(CO)C(O)C(OS(=O)(=O)O)C1O)OC(=O)CCCCCCC/C=C\CCCCCCCCC. The minimum absolute atomic E-state index is 0.0237. The Morgan fingerprint density at radius 3 is 1.52 bits per heavy atom. The van der Waals surface area contributed by atoms with E-state index in [9.17, 15) is 33.1 Å². The fourth-order valence-corrected chi connectivity index (χ4v) is 8.14. The summed E-state index contributed by atoms with van der Waals surface area (Å²) in [5, 5.41) is 30.8. The van der Waals surface area contributed by atoms with Crippen molar-refractivity contribution in [2.45, 2.75) is 237 Å². The molecule has 0 aromatic carbocycles. The maximum absolute atomic E-state index is 12.9. The maximum atomic E-state index is 12.9. The molecular formula is C54H94O12S. The third-order valence-corrected chi connectivity index (χ3v) is 12.0. The van der Waals surface area contributed by atoms with Gasteiger partial charge in [-0.2, -0.15) is 8.42 Å². The van der Waals surface area contributed by atoms with Crippen LogP contribution in [0.5, 0.6) is 0 Å². The Balaban J connectivity index is 2.36. The van der Waals surface area contributed by atoms with Crippen molar-refractivity contribution in [1.82, 2.24) is 0 Å². The van der Waals surface area contributed by atoms with Crippen LogP contribution in [0, 0.1) is 0 Å². The molecule has 0 aromatic rings. The molecule has 0 aromatic heterocycles. The van der Waals surface area contributed by atoms with E-state index in [1.54, 1.807) is 0 Å². The minimum Gasteiger partial charge on any atom is -0.457 e. The number of hydrogen-bond donors (Lipinski definition) is 4. The lowest BCUT2D eigenvalue weighted by molar-refractivity contribution is -0.301. The Hall–Kier alpha value is -2.46. The second-order valence-electron chi connectivity index (χ2n) is 17.7. The third kappa shape index (κ3) is 38.0. The van der Waals surface area contributed by atoms with E-state index in [1.807, 2.05) is 0 Å². The van der Waals surface area contributed by atoms with Gasteiger partial charge in [-0.05, 0) is 83.5 Å². The summed E-state index contributed by atoms with van der Waals surface area (Å²) in [6.45, 7) is 3.85. The summed E-state index contributed by atoms with van der Waals surface area (Å²) in [6, 6.07) is 0. The molecule has 0 bridgehead atoms. The van der Waals surface area contributed by atoms with Crippen LogP contribution in [-0.4, -0.2) is 97.5 Å². The predicted molar refractivity (Wildman–Crippen MR) is 271 cm³/mol. The summed E-state index contributed by atoms with van der Waals surface area (Å²) in [7, 11) is -5.07. The molecule has 388 valence electrons. The van der Waals surface area contributed by atoms with E-state index >= 15 is 0 Å². The fraction of sp³-hybridized carbons (Fsp3) is 0.759. The second kappa shape index (κ2) is 44.7. The van der Waals surface area contributed by atoms with Crippen LogP contribution in [0.2, 0.25) is 0 Å². The van der Waals surface area contributed by atoms with Crippen molar-refractivity contribution in [3.05, 3.63) is 72.9 Å². The first kappa shape index (κ1) is 62.6. The molecule has 1 aliphatic rings. The van der Waals surface area contributed by atoms with Gasteiger partial charge in [-0.1, -0.05) is 183 Å². The van der Waals surface area contributed by atoms with Crippen LogP contribution in [0.1, 0.15) is 200 Å². The number of aliphatic hydroxyl groups excluding tert-OH is 3. The van der Waals surface area contributed by atoms with Crippen molar-refractivity contribution < 1.29 is 56.2 Å². The molecule has 4 N–H and O–H groups in total.